The highest BCUT2D eigenvalue weighted by Crippen LogP contribution is 2.37. The molecule has 1 aliphatic heterocycles. The van der Waals surface area contributed by atoms with Crippen molar-refractivity contribution in [2.75, 3.05) is 14.2 Å². The van der Waals surface area contributed by atoms with Gasteiger partial charge in [-0.05, 0) is 47.2 Å². The molecule has 0 saturated heterocycles. The lowest BCUT2D eigenvalue weighted by Gasteiger charge is -2.28. The maximum absolute atomic E-state index is 12.0. The van der Waals surface area contributed by atoms with Crippen LogP contribution in [0.15, 0.2) is 23.4 Å². The van der Waals surface area contributed by atoms with Crippen LogP contribution in [0.1, 0.15) is 18.5 Å². The number of carbonyl (C=O) groups excluding carboxylic acids is 2. The molecule has 8 heteroatoms. The zero-order valence-electron chi connectivity index (χ0n) is 12.2. The normalized spacial score (nSPS) is 17.6. The molecule has 1 atom stereocenters. The smallest absolute Gasteiger partial charge is 0.337 e. The Morgan fingerprint density at radius 3 is 2.64 bits per heavy atom. The monoisotopic (exact) mass is 418 g/mol. The number of aromatic hydroxyl groups is 1. The third-order valence-corrected chi connectivity index (χ3v) is 4.10. The summed E-state index contributed by atoms with van der Waals surface area (Å²) >= 11 is 1.95. The summed E-state index contributed by atoms with van der Waals surface area (Å²) in [5, 5.41) is 15.1. The molecular weight excluding hydrogens is 403 g/mol. The van der Waals surface area contributed by atoms with E-state index in [1.54, 1.807) is 19.1 Å². The van der Waals surface area contributed by atoms with E-state index in [9.17, 15) is 14.7 Å². The van der Waals surface area contributed by atoms with Gasteiger partial charge in [-0.25, -0.2) is 9.59 Å². The van der Waals surface area contributed by atoms with Crippen molar-refractivity contribution in [1.82, 2.24) is 10.6 Å². The second kappa shape index (κ2) is 6.42. The van der Waals surface area contributed by atoms with E-state index in [4.69, 9.17) is 9.47 Å². The quantitative estimate of drug-likeness (QED) is 0.514. The Morgan fingerprint density at radius 1 is 1.36 bits per heavy atom. The Labute approximate surface area is 140 Å². The Kier molecular flexibility index (Phi) is 4.79. The largest absolute Gasteiger partial charge is 0.504 e. The fourth-order valence-electron chi connectivity index (χ4n) is 2.24. The molecule has 1 aromatic rings. The van der Waals surface area contributed by atoms with Crippen molar-refractivity contribution in [2.45, 2.75) is 13.0 Å². The molecule has 2 amide bonds. The van der Waals surface area contributed by atoms with Gasteiger partial charge in [-0.3, -0.25) is 0 Å². The van der Waals surface area contributed by atoms with Crippen molar-refractivity contribution < 1.29 is 24.2 Å². The standard InChI is InChI=1S/C14H15IN2O5/c1-6-10(13(19)22-3)11(17-14(20)16-6)7-4-8(15)12(18)9(5-7)21-2/h4-5,11,18H,1-3H3,(H2,16,17,20). The van der Waals surface area contributed by atoms with Gasteiger partial charge in [-0.1, -0.05) is 0 Å². The third kappa shape index (κ3) is 2.96. The van der Waals surface area contributed by atoms with Crippen LogP contribution in [-0.2, 0) is 9.53 Å². The van der Waals surface area contributed by atoms with Gasteiger partial charge in [0, 0.05) is 5.70 Å². The van der Waals surface area contributed by atoms with E-state index in [1.165, 1.54) is 14.2 Å². The van der Waals surface area contributed by atoms with Gasteiger partial charge in [-0.15, -0.1) is 0 Å². The SMILES string of the molecule is COC(=O)C1=C(C)NC(=O)NC1c1cc(I)c(O)c(OC)c1. The van der Waals surface area contributed by atoms with Crippen LogP contribution in [0.4, 0.5) is 4.79 Å². The zero-order valence-corrected chi connectivity index (χ0v) is 14.3. The highest BCUT2D eigenvalue weighted by Gasteiger charge is 2.32. The first-order valence-corrected chi connectivity index (χ1v) is 7.40. The van der Waals surface area contributed by atoms with Crippen LogP contribution in [0, 0.1) is 3.57 Å². The van der Waals surface area contributed by atoms with Crippen molar-refractivity contribution in [3.8, 4) is 11.5 Å². The Morgan fingerprint density at radius 2 is 2.05 bits per heavy atom. The average molecular weight is 418 g/mol. The fourth-order valence-corrected chi connectivity index (χ4v) is 2.87. The van der Waals surface area contributed by atoms with Gasteiger partial charge in [0.15, 0.2) is 11.5 Å². The molecule has 0 saturated carbocycles. The Balaban J connectivity index is 2.58. The zero-order chi connectivity index (χ0) is 16.4. The van der Waals surface area contributed by atoms with Gasteiger partial charge in [0.1, 0.15) is 0 Å². The lowest BCUT2D eigenvalue weighted by Crippen LogP contribution is -2.45. The maximum atomic E-state index is 12.0. The van der Waals surface area contributed by atoms with Gasteiger partial charge in [0.25, 0.3) is 0 Å². The van der Waals surface area contributed by atoms with E-state index in [2.05, 4.69) is 10.6 Å². The summed E-state index contributed by atoms with van der Waals surface area (Å²) in [4.78, 5) is 23.7. The van der Waals surface area contributed by atoms with Crippen LogP contribution in [0.2, 0.25) is 0 Å². The molecule has 1 aromatic carbocycles. The molecule has 2 rings (SSSR count). The summed E-state index contributed by atoms with van der Waals surface area (Å²) < 4.78 is 10.4. The summed E-state index contributed by atoms with van der Waals surface area (Å²) in [5.74, 6) is -0.277. The molecule has 0 radical (unpaired) electrons. The fraction of sp³-hybridized carbons (Fsp3) is 0.286. The van der Waals surface area contributed by atoms with Crippen molar-refractivity contribution in [3.63, 3.8) is 0 Å². The summed E-state index contributed by atoms with van der Waals surface area (Å²) in [5.41, 5.74) is 1.32. The van der Waals surface area contributed by atoms with Crippen LogP contribution >= 0.6 is 22.6 Å². The molecular formula is C14H15IN2O5. The molecule has 7 nitrogen and oxygen atoms in total. The minimum absolute atomic E-state index is 0.00688. The number of ether oxygens (including phenoxy) is 2. The van der Waals surface area contributed by atoms with Crippen LogP contribution in [0.5, 0.6) is 11.5 Å². The number of phenols is 1. The van der Waals surface area contributed by atoms with Crippen molar-refractivity contribution in [2.24, 2.45) is 0 Å². The number of rotatable bonds is 3. The van der Waals surface area contributed by atoms with Gasteiger partial charge < -0.3 is 25.2 Å². The molecule has 22 heavy (non-hydrogen) atoms. The van der Waals surface area contributed by atoms with E-state index in [-0.39, 0.29) is 11.5 Å². The number of benzene rings is 1. The molecule has 1 aliphatic rings. The number of hydrogen-bond donors (Lipinski definition) is 3. The highest BCUT2D eigenvalue weighted by atomic mass is 127. The van der Waals surface area contributed by atoms with Gasteiger partial charge in [0.05, 0.1) is 29.4 Å². The lowest BCUT2D eigenvalue weighted by atomic mass is 9.95. The van der Waals surface area contributed by atoms with Crippen LogP contribution in [-0.4, -0.2) is 31.3 Å². The Bertz CT molecular complexity index is 671. The number of halogens is 1. The average Bonchev–Trinajstić information content (AvgIpc) is 2.48. The molecule has 0 aromatic heterocycles. The summed E-state index contributed by atoms with van der Waals surface area (Å²) in [6.07, 6.45) is 0. The van der Waals surface area contributed by atoms with Gasteiger partial charge in [-0.2, -0.15) is 0 Å². The number of esters is 1. The molecule has 0 fully saturated rings. The van der Waals surface area contributed by atoms with Gasteiger partial charge in [0.2, 0.25) is 0 Å². The third-order valence-electron chi connectivity index (χ3n) is 3.28. The number of phenolic OH excluding ortho intramolecular Hbond substituents is 1. The molecule has 0 spiro atoms. The molecule has 118 valence electrons. The first-order valence-electron chi connectivity index (χ1n) is 6.32. The number of urea groups is 1. The van der Waals surface area contributed by atoms with E-state index in [1.807, 2.05) is 22.6 Å². The van der Waals surface area contributed by atoms with Crippen LogP contribution in [0.25, 0.3) is 0 Å². The van der Waals surface area contributed by atoms with Crippen LogP contribution < -0.4 is 15.4 Å². The first kappa shape index (κ1) is 16.4. The number of hydrogen-bond acceptors (Lipinski definition) is 5. The highest BCUT2D eigenvalue weighted by molar-refractivity contribution is 14.1. The molecule has 1 heterocycles. The topological polar surface area (TPSA) is 96.9 Å². The van der Waals surface area contributed by atoms with Crippen molar-refractivity contribution in [1.29, 1.82) is 0 Å². The second-order valence-corrected chi connectivity index (χ2v) is 5.78. The van der Waals surface area contributed by atoms with Crippen molar-refractivity contribution in [3.05, 3.63) is 32.5 Å². The van der Waals surface area contributed by atoms with E-state index in [0.717, 1.165) is 0 Å². The lowest BCUT2D eigenvalue weighted by molar-refractivity contribution is -0.136. The Hall–Kier alpha value is -1.97. The second-order valence-electron chi connectivity index (χ2n) is 4.62. The number of amides is 2. The number of methoxy groups -OCH3 is 2. The molecule has 3 N–H and O–H groups in total. The molecule has 0 aliphatic carbocycles. The van der Waals surface area contributed by atoms with E-state index >= 15 is 0 Å². The predicted octanol–water partition coefficient (Wildman–Crippen LogP) is 1.81. The maximum Gasteiger partial charge on any atom is 0.337 e. The number of nitrogens with one attached hydrogen (secondary N) is 2. The minimum Gasteiger partial charge on any atom is -0.504 e. The van der Waals surface area contributed by atoms with E-state index < -0.39 is 18.0 Å². The summed E-state index contributed by atoms with van der Waals surface area (Å²) in [7, 11) is 2.70. The molecule has 0 bridgehead atoms. The van der Waals surface area contributed by atoms with E-state index in [0.29, 0.717) is 20.4 Å². The number of allylic oxidation sites excluding steroid dienone is 1. The van der Waals surface area contributed by atoms with Crippen LogP contribution in [0.3, 0.4) is 0 Å². The summed E-state index contributed by atoms with van der Waals surface area (Å²) in [6.45, 7) is 1.63. The van der Waals surface area contributed by atoms with Gasteiger partial charge >= 0.3 is 12.0 Å². The predicted molar refractivity (Wildman–Crippen MR) is 86.5 cm³/mol. The van der Waals surface area contributed by atoms with Crippen molar-refractivity contribution >= 4 is 34.6 Å². The first-order chi connectivity index (χ1) is 10.4. The number of carbonyl (C=O) groups is 2. The molecule has 1 unspecified atom stereocenters. The summed E-state index contributed by atoms with van der Waals surface area (Å²) in [6, 6.07) is 2.14. The minimum atomic E-state index is -0.691.